The highest BCUT2D eigenvalue weighted by Gasteiger charge is 2.32. The van der Waals surface area contributed by atoms with Crippen LogP contribution in [0.25, 0.3) is 0 Å². The molecule has 0 radical (unpaired) electrons. The number of carboxylic acids is 1. The van der Waals surface area contributed by atoms with Gasteiger partial charge in [0.1, 0.15) is 6.04 Å². The highest BCUT2D eigenvalue weighted by Crippen LogP contribution is 2.29. The number of aliphatic carboxylic acids is 1. The van der Waals surface area contributed by atoms with Crippen LogP contribution in [0.15, 0.2) is 24.3 Å². The fraction of sp³-hybridized carbons (Fsp3) is 0.357. The maximum Gasteiger partial charge on any atom is 0.416 e. The Balaban J connectivity index is 2.96. The summed E-state index contributed by atoms with van der Waals surface area (Å²) in [5.41, 5.74) is -1.30. The van der Waals surface area contributed by atoms with E-state index in [0.29, 0.717) is 6.07 Å². The average Bonchev–Trinajstić information content (AvgIpc) is 2.43. The molecule has 0 aliphatic carbocycles. The van der Waals surface area contributed by atoms with Crippen LogP contribution < -0.4 is 5.32 Å². The Bertz CT molecular complexity index is 608. The molecule has 0 saturated carbocycles. The predicted molar refractivity (Wildman–Crippen MR) is 69.7 cm³/mol. The molecule has 2 N–H and O–H groups in total. The number of alkyl halides is 3. The molecular weight excluding hydrogens is 301 g/mol. The Morgan fingerprint density at radius 3 is 2.55 bits per heavy atom. The van der Waals surface area contributed by atoms with Gasteiger partial charge in [-0.25, -0.2) is 4.79 Å². The molecule has 2 atom stereocenters. The topological polar surface area (TPSA) is 90.2 Å². The molecule has 0 fully saturated rings. The van der Waals surface area contributed by atoms with Gasteiger partial charge in [0.25, 0.3) is 5.91 Å². The summed E-state index contributed by atoms with van der Waals surface area (Å²) >= 11 is 0. The van der Waals surface area contributed by atoms with Crippen LogP contribution in [-0.4, -0.2) is 23.0 Å². The van der Waals surface area contributed by atoms with Crippen LogP contribution in [0.4, 0.5) is 13.2 Å². The molecule has 8 heteroatoms. The molecule has 5 nitrogen and oxygen atoms in total. The quantitative estimate of drug-likeness (QED) is 0.873. The number of carbonyl (C=O) groups is 2. The molecule has 0 bridgehead atoms. The summed E-state index contributed by atoms with van der Waals surface area (Å²) < 4.78 is 37.8. The lowest BCUT2D eigenvalue weighted by molar-refractivity contribution is -0.140. The van der Waals surface area contributed by atoms with E-state index in [0.717, 1.165) is 18.2 Å². The first-order chi connectivity index (χ1) is 10.2. The number of carboxylic acid groups (broad SMARTS) is 1. The van der Waals surface area contributed by atoms with Gasteiger partial charge in [0.15, 0.2) is 0 Å². The van der Waals surface area contributed by atoms with E-state index in [1.807, 2.05) is 0 Å². The van der Waals surface area contributed by atoms with Crippen LogP contribution in [0.5, 0.6) is 0 Å². The van der Waals surface area contributed by atoms with Gasteiger partial charge in [-0.2, -0.15) is 18.4 Å². The van der Waals surface area contributed by atoms with Gasteiger partial charge in [0, 0.05) is 17.9 Å². The van der Waals surface area contributed by atoms with Crippen molar-refractivity contribution in [2.75, 3.05) is 0 Å². The summed E-state index contributed by atoms with van der Waals surface area (Å²) in [6.45, 7) is 1.45. The number of hydrogen-bond acceptors (Lipinski definition) is 3. The summed E-state index contributed by atoms with van der Waals surface area (Å²) in [5, 5.41) is 19.7. The Kier molecular flexibility index (Phi) is 5.51. The molecule has 0 saturated heterocycles. The van der Waals surface area contributed by atoms with E-state index in [9.17, 15) is 22.8 Å². The van der Waals surface area contributed by atoms with Crippen molar-refractivity contribution in [2.45, 2.75) is 25.6 Å². The lowest BCUT2D eigenvalue weighted by Gasteiger charge is -2.19. The Hall–Kier alpha value is -2.56. The van der Waals surface area contributed by atoms with E-state index in [1.165, 1.54) is 6.92 Å². The summed E-state index contributed by atoms with van der Waals surface area (Å²) in [4.78, 5) is 23.0. The normalized spacial score (nSPS) is 13.8. The van der Waals surface area contributed by atoms with E-state index in [2.05, 4.69) is 5.32 Å². The molecule has 0 aliphatic heterocycles. The third-order valence-corrected chi connectivity index (χ3v) is 2.99. The molecule has 0 aromatic heterocycles. The third kappa shape index (κ3) is 4.48. The van der Waals surface area contributed by atoms with Crippen molar-refractivity contribution in [3.8, 4) is 6.07 Å². The van der Waals surface area contributed by atoms with Gasteiger partial charge in [0.05, 0.1) is 11.6 Å². The van der Waals surface area contributed by atoms with E-state index in [4.69, 9.17) is 10.4 Å². The number of nitrogens with one attached hydrogen (secondary N) is 1. The van der Waals surface area contributed by atoms with Crippen molar-refractivity contribution >= 4 is 11.9 Å². The number of amides is 1. The van der Waals surface area contributed by atoms with Crippen molar-refractivity contribution in [1.82, 2.24) is 5.32 Å². The Labute approximate surface area is 124 Å². The van der Waals surface area contributed by atoms with Crippen molar-refractivity contribution < 1.29 is 27.9 Å². The molecule has 1 amide bonds. The van der Waals surface area contributed by atoms with Crippen LogP contribution in [0.1, 0.15) is 29.3 Å². The van der Waals surface area contributed by atoms with E-state index in [1.54, 1.807) is 6.07 Å². The van der Waals surface area contributed by atoms with Crippen molar-refractivity contribution in [3.05, 3.63) is 35.4 Å². The standard InChI is InChI=1S/C14H13F3N2O3/c1-8(5-6-18)11(13(21)22)19-12(20)9-3-2-4-10(7-9)14(15,16)17/h2-4,7-8,11H,5H2,1H3,(H,19,20)(H,21,22)/t8-,11-/m1/s1. The maximum atomic E-state index is 12.6. The van der Waals surface area contributed by atoms with Crippen molar-refractivity contribution in [2.24, 2.45) is 5.92 Å². The molecule has 0 unspecified atom stereocenters. The molecule has 0 heterocycles. The highest BCUT2D eigenvalue weighted by atomic mass is 19.4. The lowest BCUT2D eigenvalue weighted by atomic mass is 9.98. The number of carbonyl (C=O) groups excluding carboxylic acids is 1. The third-order valence-electron chi connectivity index (χ3n) is 2.99. The zero-order chi connectivity index (χ0) is 16.9. The number of rotatable bonds is 5. The second-order valence-electron chi connectivity index (χ2n) is 4.71. The molecule has 0 aliphatic rings. The molecule has 118 valence electrons. The Morgan fingerprint density at radius 1 is 1.41 bits per heavy atom. The zero-order valence-corrected chi connectivity index (χ0v) is 11.5. The second kappa shape index (κ2) is 6.93. The van der Waals surface area contributed by atoms with Crippen LogP contribution in [0, 0.1) is 17.2 Å². The molecule has 1 aromatic carbocycles. The van der Waals surface area contributed by atoms with Gasteiger partial charge >= 0.3 is 12.1 Å². The highest BCUT2D eigenvalue weighted by molar-refractivity contribution is 5.96. The van der Waals surface area contributed by atoms with E-state index < -0.39 is 35.6 Å². The number of nitriles is 1. The van der Waals surface area contributed by atoms with Crippen molar-refractivity contribution in [1.29, 1.82) is 5.26 Å². The van der Waals surface area contributed by atoms with Gasteiger partial charge in [-0.3, -0.25) is 4.79 Å². The van der Waals surface area contributed by atoms with Crippen LogP contribution >= 0.6 is 0 Å². The summed E-state index contributed by atoms with van der Waals surface area (Å²) in [6, 6.07) is 4.09. The fourth-order valence-corrected chi connectivity index (χ4v) is 1.77. The smallest absolute Gasteiger partial charge is 0.416 e. The number of benzene rings is 1. The van der Waals surface area contributed by atoms with Gasteiger partial charge < -0.3 is 10.4 Å². The predicted octanol–water partition coefficient (Wildman–Crippen LogP) is 2.44. The van der Waals surface area contributed by atoms with Gasteiger partial charge in [-0.1, -0.05) is 13.0 Å². The van der Waals surface area contributed by atoms with Crippen molar-refractivity contribution in [3.63, 3.8) is 0 Å². The first kappa shape index (κ1) is 17.5. The molecule has 1 aromatic rings. The molecule has 1 rings (SSSR count). The number of nitrogens with zero attached hydrogens (tertiary/aromatic N) is 1. The minimum atomic E-state index is -4.60. The zero-order valence-electron chi connectivity index (χ0n) is 11.5. The largest absolute Gasteiger partial charge is 0.480 e. The Morgan fingerprint density at radius 2 is 2.05 bits per heavy atom. The van der Waals surface area contributed by atoms with Crippen LogP contribution in [0.2, 0.25) is 0 Å². The maximum absolute atomic E-state index is 12.6. The van der Waals surface area contributed by atoms with Gasteiger partial charge in [-0.05, 0) is 18.2 Å². The molecular formula is C14H13F3N2O3. The number of halogens is 3. The average molecular weight is 314 g/mol. The minimum Gasteiger partial charge on any atom is -0.480 e. The van der Waals surface area contributed by atoms with Gasteiger partial charge in [0.2, 0.25) is 0 Å². The SMILES string of the molecule is C[C@H](CC#N)[C@@H](NC(=O)c1cccc(C(F)(F)F)c1)C(=O)O. The van der Waals surface area contributed by atoms with Crippen LogP contribution in [-0.2, 0) is 11.0 Å². The van der Waals surface area contributed by atoms with Crippen LogP contribution in [0.3, 0.4) is 0 Å². The second-order valence-corrected chi connectivity index (χ2v) is 4.71. The first-order valence-electron chi connectivity index (χ1n) is 6.24. The lowest BCUT2D eigenvalue weighted by Crippen LogP contribution is -2.45. The molecule has 0 spiro atoms. The fourth-order valence-electron chi connectivity index (χ4n) is 1.77. The molecule has 22 heavy (non-hydrogen) atoms. The summed E-state index contributed by atoms with van der Waals surface area (Å²) in [7, 11) is 0. The minimum absolute atomic E-state index is 0.111. The summed E-state index contributed by atoms with van der Waals surface area (Å²) in [6.07, 6.45) is -4.71. The number of hydrogen-bond donors (Lipinski definition) is 2. The monoisotopic (exact) mass is 314 g/mol. The van der Waals surface area contributed by atoms with Gasteiger partial charge in [-0.15, -0.1) is 0 Å². The summed E-state index contributed by atoms with van der Waals surface area (Å²) in [5.74, 6) is -2.98. The van der Waals surface area contributed by atoms with E-state index >= 15 is 0 Å². The first-order valence-corrected chi connectivity index (χ1v) is 6.24. The van der Waals surface area contributed by atoms with E-state index in [-0.39, 0.29) is 12.0 Å².